The highest BCUT2D eigenvalue weighted by Crippen LogP contribution is 2.51. The second-order valence-corrected chi connectivity index (χ2v) is 16.1. The van der Waals surface area contributed by atoms with E-state index in [9.17, 15) is 50.4 Å². The topological polar surface area (TPSA) is 251 Å². The number of ether oxygens (including phenoxy) is 6. The van der Waals surface area contributed by atoms with E-state index < -0.39 is 97.9 Å². The predicted octanol–water partition coefficient (Wildman–Crippen LogP) is 4.07. The van der Waals surface area contributed by atoms with Crippen molar-refractivity contribution in [2.75, 3.05) is 13.2 Å². The van der Waals surface area contributed by atoms with Gasteiger partial charge in [-0.1, -0.05) is 94.7 Å². The number of esters is 2. The SMILES string of the molecule is CCCCCC=CC=CC(=O)OCC1OC(OC2C(CO)OC3(OCc4cc(O)cc(O)c43)C(O)C2OC(=O)C=CC=CCC(O)C(C)=CC=CCCC(C)CC)C(O)C(O)C1O. The number of fused-ring (bicyclic) bond motifs is 2. The van der Waals surface area contributed by atoms with E-state index in [1.54, 1.807) is 12.2 Å². The summed E-state index contributed by atoms with van der Waals surface area (Å²) in [5.41, 5.74) is 0.867. The normalized spacial score (nSPS) is 30.0. The number of aliphatic hydroxyl groups is 6. The fourth-order valence-corrected chi connectivity index (χ4v) is 7.32. The van der Waals surface area contributed by atoms with Crippen molar-refractivity contribution in [1.82, 2.24) is 0 Å². The lowest BCUT2D eigenvalue weighted by Crippen LogP contribution is -2.67. The number of rotatable bonds is 22. The molecule has 16 nitrogen and oxygen atoms in total. The smallest absolute Gasteiger partial charge is 0.331 e. The van der Waals surface area contributed by atoms with Crippen LogP contribution in [0.2, 0.25) is 0 Å². The number of phenols is 2. The molecule has 12 unspecified atom stereocenters. The Morgan fingerprint density at radius 2 is 1.60 bits per heavy atom. The molecule has 0 radical (unpaired) electrons. The van der Waals surface area contributed by atoms with Gasteiger partial charge >= 0.3 is 11.9 Å². The van der Waals surface area contributed by atoms with Crippen LogP contribution in [-0.4, -0.2) is 127 Å². The van der Waals surface area contributed by atoms with E-state index in [0.717, 1.165) is 68.7 Å². The monoisotopic (exact) mass is 886 g/mol. The number of aliphatic hydroxyl groups excluding tert-OH is 6. The maximum absolute atomic E-state index is 13.4. The number of carbonyl (C=O) groups is 2. The second-order valence-electron chi connectivity index (χ2n) is 16.1. The van der Waals surface area contributed by atoms with Crippen LogP contribution in [0.15, 0.2) is 84.5 Å². The van der Waals surface area contributed by atoms with E-state index in [1.165, 1.54) is 24.3 Å². The molecular formula is C47H66O16. The first kappa shape index (κ1) is 51.4. The summed E-state index contributed by atoms with van der Waals surface area (Å²) in [7, 11) is 0. The van der Waals surface area contributed by atoms with E-state index in [-0.39, 0.29) is 29.9 Å². The molecule has 16 heteroatoms. The van der Waals surface area contributed by atoms with Crippen molar-refractivity contribution in [3.05, 3.63) is 95.7 Å². The van der Waals surface area contributed by atoms with Gasteiger partial charge in [-0.05, 0) is 62.1 Å². The van der Waals surface area contributed by atoms with Crippen LogP contribution in [0.3, 0.4) is 0 Å². The maximum Gasteiger partial charge on any atom is 0.331 e. The van der Waals surface area contributed by atoms with E-state index in [2.05, 4.69) is 26.8 Å². The molecule has 1 spiro atoms. The Hall–Kier alpha value is -4.20. The average Bonchev–Trinajstić information content (AvgIpc) is 3.63. The van der Waals surface area contributed by atoms with Gasteiger partial charge in [0.05, 0.1) is 24.9 Å². The van der Waals surface area contributed by atoms with E-state index in [4.69, 9.17) is 28.4 Å². The number of benzene rings is 1. The van der Waals surface area contributed by atoms with Gasteiger partial charge in [0.25, 0.3) is 0 Å². The van der Waals surface area contributed by atoms with Crippen molar-refractivity contribution in [1.29, 1.82) is 0 Å². The quantitative estimate of drug-likeness (QED) is 0.0354. The largest absolute Gasteiger partial charge is 0.508 e. The predicted molar refractivity (Wildman–Crippen MR) is 230 cm³/mol. The molecule has 63 heavy (non-hydrogen) atoms. The molecule has 3 aliphatic heterocycles. The second kappa shape index (κ2) is 25.3. The third-order valence-corrected chi connectivity index (χ3v) is 11.3. The zero-order chi connectivity index (χ0) is 46.1. The van der Waals surface area contributed by atoms with Crippen molar-refractivity contribution in [2.24, 2.45) is 5.92 Å². The fourth-order valence-electron chi connectivity index (χ4n) is 7.32. The summed E-state index contributed by atoms with van der Waals surface area (Å²) in [5.74, 6) is -4.26. The van der Waals surface area contributed by atoms with Gasteiger partial charge in [-0.2, -0.15) is 0 Å². The summed E-state index contributed by atoms with van der Waals surface area (Å²) in [6, 6.07) is 2.27. The number of aromatic hydroxyl groups is 2. The third-order valence-electron chi connectivity index (χ3n) is 11.3. The van der Waals surface area contributed by atoms with Crippen molar-refractivity contribution in [3.8, 4) is 11.5 Å². The lowest BCUT2D eigenvalue weighted by molar-refractivity contribution is -0.395. The zero-order valence-corrected chi connectivity index (χ0v) is 36.5. The van der Waals surface area contributed by atoms with E-state index in [1.807, 2.05) is 25.2 Å². The van der Waals surface area contributed by atoms with Crippen molar-refractivity contribution >= 4 is 11.9 Å². The lowest BCUT2D eigenvalue weighted by atomic mass is 9.86. The number of unbranched alkanes of at least 4 members (excludes halogenated alkanes) is 3. The summed E-state index contributed by atoms with van der Waals surface area (Å²) in [6.07, 6.45) is 8.36. The minimum absolute atomic E-state index is 0.107. The van der Waals surface area contributed by atoms with Crippen LogP contribution >= 0.6 is 0 Å². The first-order chi connectivity index (χ1) is 30.2. The van der Waals surface area contributed by atoms with Crippen LogP contribution in [0, 0.1) is 5.92 Å². The van der Waals surface area contributed by atoms with Gasteiger partial charge in [0.1, 0.15) is 54.7 Å². The minimum atomic E-state index is -2.27. The van der Waals surface area contributed by atoms with Crippen LogP contribution in [-0.2, 0) is 50.4 Å². The summed E-state index contributed by atoms with van der Waals surface area (Å²) in [4.78, 5) is 25.8. The van der Waals surface area contributed by atoms with Crippen LogP contribution in [0.25, 0.3) is 0 Å². The van der Waals surface area contributed by atoms with Crippen LogP contribution in [0.5, 0.6) is 11.5 Å². The summed E-state index contributed by atoms with van der Waals surface area (Å²) >= 11 is 0. The van der Waals surface area contributed by atoms with Crippen LogP contribution in [0.4, 0.5) is 0 Å². The highest BCUT2D eigenvalue weighted by atomic mass is 16.8. The van der Waals surface area contributed by atoms with Gasteiger partial charge in [0, 0.05) is 18.2 Å². The Labute approximate surface area is 369 Å². The van der Waals surface area contributed by atoms with Gasteiger partial charge in [-0.25, -0.2) is 9.59 Å². The molecule has 0 aromatic heterocycles. The molecule has 350 valence electrons. The number of phenolic OH excluding ortho intramolecular Hbond substituents is 2. The standard InChI is InChI=1S/C47H66O16/c1-5-7-8-9-10-11-17-22-37(52)58-28-36-40(54)41(55)42(56)46(60-36)62-43-35(26-48)63-47(39-31(27-59-47)24-32(49)25-34(39)51)45(57)44(43)61-38(53)23-18-13-16-21-33(50)30(4)20-15-12-14-19-29(3)6-2/h10-13,15-18,20,22-25,29,33,35-36,40-46,48-51,54-57H,5-9,14,19,21,26-28H2,1-4H3. The van der Waals surface area contributed by atoms with Gasteiger partial charge in [-0.15, -0.1) is 0 Å². The molecule has 3 heterocycles. The van der Waals surface area contributed by atoms with E-state index >= 15 is 0 Å². The Kier molecular flexibility index (Phi) is 20.7. The molecule has 0 saturated carbocycles. The maximum atomic E-state index is 13.4. The molecule has 3 aliphatic rings. The Balaban J connectivity index is 1.50. The first-order valence-electron chi connectivity index (χ1n) is 21.7. The summed E-state index contributed by atoms with van der Waals surface area (Å²) in [6.45, 7) is 6.54. The highest BCUT2D eigenvalue weighted by Gasteiger charge is 2.63. The molecule has 4 rings (SSSR count). The molecular weight excluding hydrogens is 821 g/mol. The van der Waals surface area contributed by atoms with Crippen LogP contribution < -0.4 is 0 Å². The zero-order valence-electron chi connectivity index (χ0n) is 36.5. The molecule has 2 saturated heterocycles. The van der Waals surface area contributed by atoms with Gasteiger partial charge < -0.3 is 69.3 Å². The highest BCUT2D eigenvalue weighted by molar-refractivity contribution is 5.82. The van der Waals surface area contributed by atoms with Gasteiger partial charge in [0.15, 0.2) is 18.5 Å². The molecule has 8 N–H and O–H groups in total. The third kappa shape index (κ3) is 14.1. The van der Waals surface area contributed by atoms with Crippen molar-refractivity contribution in [3.63, 3.8) is 0 Å². The first-order valence-corrected chi connectivity index (χ1v) is 21.7. The van der Waals surface area contributed by atoms with Crippen molar-refractivity contribution < 1.29 is 78.9 Å². The number of hydrogen-bond acceptors (Lipinski definition) is 16. The Morgan fingerprint density at radius 1 is 0.889 bits per heavy atom. The fraction of sp³-hybridized carbons (Fsp3) is 0.574. The molecule has 1 aromatic carbocycles. The van der Waals surface area contributed by atoms with Gasteiger partial charge in [0.2, 0.25) is 5.79 Å². The Bertz CT molecular complexity index is 1800. The number of allylic oxidation sites excluding steroid dienone is 8. The van der Waals surface area contributed by atoms with E-state index in [0.29, 0.717) is 5.92 Å². The molecule has 0 bridgehead atoms. The van der Waals surface area contributed by atoms with Crippen molar-refractivity contribution in [2.45, 2.75) is 153 Å². The average molecular weight is 887 g/mol. The summed E-state index contributed by atoms with van der Waals surface area (Å²) in [5, 5.41) is 86.7. The minimum Gasteiger partial charge on any atom is -0.508 e. The molecule has 0 aliphatic carbocycles. The van der Waals surface area contributed by atoms with Gasteiger partial charge in [-0.3, -0.25) is 0 Å². The number of carbonyl (C=O) groups excluding carboxylic acids is 2. The Morgan fingerprint density at radius 3 is 2.32 bits per heavy atom. The number of hydrogen-bond donors (Lipinski definition) is 8. The molecule has 12 atom stereocenters. The molecule has 1 aromatic rings. The molecule has 0 amide bonds. The lowest BCUT2D eigenvalue weighted by Gasteiger charge is -2.50. The summed E-state index contributed by atoms with van der Waals surface area (Å²) < 4.78 is 34.8. The molecule has 2 fully saturated rings. The van der Waals surface area contributed by atoms with Crippen LogP contribution in [0.1, 0.15) is 90.2 Å².